The molecule has 17 nitrogen and oxygen atoms in total. The van der Waals surface area contributed by atoms with Gasteiger partial charge in [0.25, 0.3) is 0 Å². The van der Waals surface area contributed by atoms with E-state index in [1.165, 1.54) is 40.7 Å². The number of phenols is 1. The van der Waals surface area contributed by atoms with Gasteiger partial charge in [0.2, 0.25) is 47.3 Å². The Bertz CT molecular complexity index is 1760. The minimum absolute atomic E-state index is 0.0119. The number of hydrogen-bond acceptors (Lipinski definition) is 9. The van der Waals surface area contributed by atoms with E-state index in [0.29, 0.717) is 63.5 Å². The van der Waals surface area contributed by atoms with Crippen molar-refractivity contribution in [3.05, 3.63) is 29.8 Å². The van der Waals surface area contributed by atoms with Gasteiger partial charge in [-0.15, -0.1) is 0 Å². The third-order valence-electron chi connectivity index (χ3n) is 12.6. The first-order valence-corrected chi connectivity index (χ1v) is 21.3. The fourth-order valence-electron chi connectivity index (χ4n) is 8.51. The second-order valence-electron chi connectivity index (χ2n) is 16.7. The maximum atomic E-state index is 14.5. The van der Waals surface area contributed by atoms with Crippen molar-refractivity contribution in [2.75, 3.05) is 19.6 Å². The number of carbonyl (C=O) groups excluding carboxylic acids is 8. The predicted molar refractivity (Wildman–Crippen MR) is 216 cm³/mol. The Labute approximate surface area is 346 Å². The summed E-state index contributed by atoms with van der Waals surface area (Å²) in [6, 6.07) is -2.06. The third kappa shape index (κ3) is 10.3. The zero-order chi connectivity index (χ0) is 43.1. The fraction of sp³-hybridized carbons (Fsp3) is 0.667. The van der Waals surface area contributed by atoms with Gasteiger partial charge in [0.1, 0.15) is 54.1 Å². The van der Waals surface area contributed by atoms with E-state index in [9.17, 15) is 43.5 Å². The van der Waals surface area contributed by atoms with Crippen LogP contribution in [0.3, 0.4) is 0 Å². The molecule has 0 spiro atoms. The second-order valence-corrected chi connectivity index (χ2v) is 16.7. The van der Waals surface area contributed by atoms with E-state index in [1.807, 2.05) is 20.8 Å². The maximum Gasteiger partial charge on any atom is 0.246 e. The topological polar surface area (TPSA) is 227 Å². The van der Waals surface area contributed by atoms with Gasteiger partial charge in [0, 0.05) is 26.1 Å². The van der Waals surface area contributed by atoms with Gasteiger partial charge < -0.3 is 46.4 Å². The lowest BCUT2D eigenvalue weighted by Crippen LogP contribution is -2.62. The minimum atomic E-state index is -1.21. The molecule has 0 aliphatic carbocycles. The molecule has 5 rings (SSSR count). The zero-order valence-electron chi connectivity index (χ0n) is 35.1. The largest absolute Gasteiger partial charge is 0.508 e. The first-order chi connectivity index (χ1) is 28.1. The van der Waals surface area contributed by atoms with Crippen molar-refractivity contribution in [1.82, 2.24) is 41.3 Å². The number of carbonyl (C=O) groups is 8. The molecule has 4 heterocycles. The van der Waals surface area contributed by atoms with E-state index in [1.54, 1.807) is 19.1 Å². The molecule has 324 valence electrons. The molecule has 4 aliphatic heterocycles. The summed E-state index contributed by atoms with van der Waals surface area (Å²) in [5, 5.41) is 23.9. The van der Waals surface area contributed by atoms with Crippen molar-refractivity contribution >= 4 is 47.3 Å². The molecule has 0 saturated carbocycles. The molecule has 4 fully saturated rings. The van der Waals surface area contributed by atoms with Gasteiger partial charge in [-0.05, 0) is 81.9 Å². The average molecular weight is 823 g/mol. The molecule has 4 aliphatic rings. The summed E-state index contributed by atoms with van der Waals surface area (Å²) in [5.41, 5.74) is 0.607. The van der Waals surface area contributed by atoms with Crippen molar-refractivity contribution in [3.63, 3.8) is 0 Å². The molecule has 17 heteroatoms. The fourth-order valence-corrected chi connectivity index (χ4v) is 8.51. The van der Waals surface area contributed by atoms with Crippen molar-refractivity contribution in [1.29, 1.82) is 0 Å². The third-order valence-corrected chi connectivity index (χ3v) is 12.6. The molecule has 4 saturated heterocycles. The van der Waals surface area contributed by atoms with Gasteiger partial charge in [0.05, 0.1) is 0 Å². The van der Waals surface area contributed by atoms with E-state index in [0.717, 1.165) is 0 Å². The molecule has 8 amide bonds. The highest BCUT2D eigenvalue weighted by molar-refractivity contribution is 5.99. The number of amides is 8. The molecular weight excluding hydrogens is 761 g/mol. The predicted octanol–water partition coefficient (Wildman–Crippen LogP) is 0.477. The van der Waals surface area contributed by atoms with Gasteiger partial charge in [0.15, 0.2) is 0 Å². The Morgan fingerprint density at radius 2 is 1.03 bits per heavy atom. The van der Waals surface area contributed by atoms with Crippen LogP contribution >= 0.6 is 0 Å². The summed E-state index contributed by atoms with van der Waals surface area (Å²) in [6.07, 6.45) is 3.61. The molecule has 0 radical (unpaired) electrons. The molecule has 10 atom stereocenters. The van der Waals surface area contributed by atoms with Crippen molar-refractivity contribution in [3.8, 4) is 5.75 Å². The number of benzene rings is 1. The second kappa shape index (κ2) is 19.7. The van der Waals surface area contributed by atoms with Crippen LogP contribution in [0.2, 0.25) is 0 Å². The number of aromatic hydroxyl groups is 1. The zero-order valence-corrected chi connectivity index (χ0v) is 35.1. The van der Waals surface area contributed by atoms with Gasteiger partial charge >= 0.3 is 0 Å². The summed E-state index contributed by atoms with van der Waals surface area (Å²) in [4.78, 5) is 116. The Morgan fingerprint density at radius 3 is 1.61 bits per heavy atom. The number of nitrogens with zero attached hydrogens (tertiary/aromatic N) is 3. The van der Waals surface area contributed by atoms with Crippen molar-refractivity contribution < 1.29 is 43.5 Å². The molecule has 1 aromatic carbocycles. The van der Waals surface area contributed by atoms with E-state index in [2.05, 4.69) is 26.6 Å². The summed E-state index contributed by atoms with van der Waals surface area (Å²) in [7, 11) is 0. The lowest BCUT2D eigenvalue weighted by Gasteiger charge is -2.35. The monoisotopic (exact) mass is 822 g/mol. The highest BCUT2D eigenvalue weighted by atomic mass is 16.3. The normalized spacial score (nSPS) is 30.6. The van der Waals surface area contributed by atoms with Gasteiger partial charge in [-0.2, -0.15) is 0 Å². The molecule has 0 aromatic heterocycles. The molecule has 59 heavy (non-hydrogen) atoms. The Kier molecular flexibility index (Phi) is 15.0. The number of phenolic OH excluding ortho intramolecular Hbond substituents is 1. The van der Waals surface area contributed by atoms with Crippen LogP contribution in [0.1, 0.15) is 98.5 Å². The number of nitrogens with one attached hydrogen (secondary N) is 5. The summed E-state index contributed by atoms with van der Waals surface area (Å²) in [5.74, 6) is -5.07. The van der Waals surface area contributed by atoms with Crippen LogP contribution in [0.25, 0.3) is 0 Å². The minimum Gasteiger partial charge on any atom is -0.508 e. The van der Waals surface area contributed by atoms with Crippen LogP contribution in [0.15, 0.2) is 24.3 Å². The molecule has 0 bridgehead atoms. The Balaban J connectivity index is 1.51. The Hall–Kier alpha value is -5.22. The van der Waals surface area contributed by atoms with Crippen LogP contribution in [0, 0.1) is 11.8 Å². The van der Waals surface area contributed by atoms with Crippen LogP contribution in [0.4, 0.5) is 0 Å². The van der Waals surface area contributed by atoms with Crippen LogP contribution in [0.5, 0.6) is 5.75 Å². The maximum absolute atomic E-state index is 14.5. The van der Waals surface area contributed by atoms with E-state index in [-0.39, 0.29) is 37.1 Å². The lowest BCUT2D eigenvalue weighted by atomic mass is 9.94. The number of hydrogen-bond donors (Lipinski definition) is 6. The van der Waals surface area contributed by atoms with E-state index >= 15 is 0 Å². The first kappa shape index (κ1) is 44.9. The highest BCUT2D eigenvalue weighted by Gasteiger charge is 2.45. The number of fused-ring (bicyclic) bond motifs is 3. The quantitative estimate of drug-likeness (QED) is 0.234. The smallest absolute Gasteiger partial charge is 0.246 e. The summed E-state index contributed by atoms with van der Waals surface area (Å²) < 4.78 is 0. The molecular formula is C42H62N8O9. The number of rotatable bonds is 6. The molecule has 6 N–H and O–H groups in total. The molecule has 10 unspecified atom stereocenters. The van der Waals surface area contributed by atoms with Gasteiger partial charge in [-0.25, -0.2) is 0 Å². The highest BCUT2D eigenvalue weighted by Crippen LogP contribution is 2.27. The standard InChI is InChI=1S/C42H62N8O9/c1-7-23(3)33-39(56)47-34(24(4)8-2)42(59)50-21-11-14-32(50)41(58)49-20-10-12-30(49)37(54)43-25(5)35(52)44-26(6)40(57)48-19-9-13-31(48)38(55)45-29(36(53)46-33)22-27-15-17-28(51)18-16-27/h15-18,23-26,29-34,51H,7-14,19-22H2,1-6H3,(H,43,54)(H,44,52)(H,45,55)(H,46,53)(H,47,56). The van der Waals surface area contributed by atoms with E-state index in [4.69, 9.17) is 0 Å². The van der Waals surface area contributed by atoms with Crippen LogP contribution < -0.4 is 26.6 Å². The van der Waals surface area contributed by atoms with Crippen LogP contribution in [-0.4, -0.2) is 135 Å². The summed E-state index contributed by atoms with van der Waals surface area (Å²) in [6.45, 7) is 11.2. The lowest BCUT2D eigenvalue weighted by molar-refractivity contribution is -0.149. The summed E-state index contributed by atoms with van der Waals surface area (Å²) >= 11 is 0. The first-order valence-electron chi connectivity index (χ1n) is 21.3. The SMILES string of the molecule is CCC(C)C1NC(=O)C(Cc2ccc(O)cc2)NC(=O)C2CCCN2C(=O)C(C)NC(=O)C(C)NC(=O)C2CCCN2C(=O)C2CCCN2C(=O)C(C(C)CC)NC1=O. The van der Waals surface area contributed by atoms with Crippen LogP contribution in [-0.2, 0) is 44.8 Å². The molecule has 1 aromatic rings. The Morgan fingerprint density at radius 1 is 0.559 bits per heavy atom. The van der Waals surface area contributed by atoms with Crippen molar-refractivity contribution in [2.45, 2.75) is 148 Å². The van der Waals surface area contributed by atoms with E-state index < -0.39 is 95.6 Å². The van der Waals surface area contributed by atoms with Crippen molar-refractivity contribution in [2.24, 2.45) is 11.8 Å². The van der Waals surface area contributed by atoms with Gasteiger partial charge in [-0.1, -0.05) is 52.7 Å². The average Bonchev–Trinajstić information content (AvgIpc) is 4.02. The van der Waals surface area contributed by atoms with Gasteiger partial charge in [-0.3, -0.25) is 38.4 Å².